The Kier molecular flexibility index (Phi) is 7.51. The summed E-state index contributed by atoms with van der Waals surface area (Å²) in [6.07, 6.45) is 2.38. The minimum Gasteiger partial charge on any atom is -0.354 e. The molecule has 5 nitrogen and oxygen atoms in total. The molecule has 0 heterocycles. The first-order valence-corrected chi connectivity index (χ1v) is 10.8. The van der Waals surface area contributed by atoms with Gasteiger partial charge in [-0.1, -0.05) is 31.2 Å². The number of halogens is 2. The number of amides is 1. The van der Waals surface area contributed by atoms with E-state index in [2.05, 4.69) is 5.32 Å². The van der Waals surface area contributed by atoms with Crippen molar-refractivity contribution in [1.29, 1.82) is 0 Å². The molecule has 0 aliphatic rings. The van der Waals surface area contributed by atoms with E-state index in [9.17, 15) is 22.0 Å². The second-order valence-corrected chi connectivity index (χ2v) is 8.31. The van der Waals surface area contributed by atoms with E-state index >= 15 is 0 Å². The van der Waals surface area contributed by atoms with Gasteiger partial charge in [0.1, 0.15) is 17.7 Å². The van der Waals surface area contributed by atoms with E-state index in [1.54, 1.807) is 19.1 Å². The Labute approximate surface area is 164 Å². The van der Waals surface area contributed by atoms with E-state index in [0.717, 1.165) is 22.2 Å². The molecule has 152 valence electrons. The normalized spacial score (nSPS) is 12.4. The Morgan fingerprint density at radius 2 is 1.75 bits per heavy atom. The monoisotopic (exact) mass is 410 g/mol. The topological polar surface area (TPSA) is 66.5 Å². The second-order valence-electron chi connectivity index (χ2n) is 6.46. The van der Waals surface area contributed by atoms with Crippen LogP contribution in [0.1, 0.15) is 25.3 Å². The molecule has 1 atom stereocenters. The Hall–Kier alpha value is -2.48. The maximum absolute atomic E-state index is 14.2. The highest BCUT2D eigenvalue weighted by molar-refractivity contribution is 7.92. The lowest BCUT2D eigenvalue weighted by Gasteiger charge is -2.30. The van der Waals surface area contributed by atoms with Gasteiger partial charge in [-0.05, 0) is 49.1 Å². The zero-order valence-electron chi connectivity index (χ0n) is 15.9. The molecule has 0 aromatic heterocycles. The minimum atomic E-state index is -3.88. The van der Waals surface area contributed by atoms with Gasteiger partial charge in [0.2, 0.25) is 15.9 Å². The molecule has 0 spiro atoms. The average Bonchev–Trinajstić information content (AvgIpc) is 2.64. The van der Waals surface area contributed by atoms with Gasteiger partial charge in [0.15, 0.2) is 0 Å². The van der Waals surface area contributed by atoms with Crippen molar-refractivity contribution in [2.24, 2.45) is 0 Å². The molecular weight excluding hydrogens is 386 g/mol. The molecular formula is C20H24F2N2O3S. The van der Waals surface area contributed by atoms with Crippen LogP contribution in [0.4, 0.5) is 14.5 Å². The Morgan fingerprint density at radius 3 is 2.32 bits per heavy atom. The number of rotatable bonds is 9. The summed E-state index contributed by atoms with van der Waals surface area (Å²) in [4.78, 5) is 12.6. The summed E-state index contributed by atoms with van der Waals surface area (Å²) >= 11 is 0. The number of hydrogen-bond donors (Lipinski definition) is 1. The summed E-state index contributed by atoms with van der Waals surface area (Å²) in [6.45, 7) is 1.99. The van der Waals surface area contributed by atoms with Crippen molar-refractivity contribution in [3.05, 3.63) is 65.7 Å². The summed E-state index contributed by atoms with van der Waals surface area (Å²) in [5.41, 5.74) is 0.783. The maximum Gasteiger partial charge on any atom is 0.243 e. The maximum atomic E-state index is 14.2. The van der Waals surface area contributed by atoms with Crippen molar-refractivity contribution < 1.29 is 22.0 Å². The van der Waals surface area contributed by atoms with E-state index in [-0.39, 0.29) is 17.9 Å². The molecule has 1 N–H and O–H groups in total. The lowest BCUT2D eigenvalue weighted by atomic mass is 10.1. The number of nitrogens with zero attached hydrogens (tertiary/aromatic N) is 1. The molecule has 0 unspecified atom stereocenters. The van der Waals surface area contributed by atoms with Crippen LogP contribution in [0.15, 0.2) is 48.5 Å². The fourth-order valence-electron chi connectivity index (χ4n) is 2.94. The standard InChI is InChI=1S/C20H24F2N2O3S/c1-3-18(24(28(2,26)27)19-9-5-4-8-17(19)22)20(25)23-14-6-7-15-10-12-16(21)13-11-15/h4-5,8-13,18H,3,6-7,14H2,1-2H3,(H,23,25)/t18-/m1/s1. The first-order valence-electron chi connectivity index (χ1n) is 9.00. The van der Waals surface area contributed by atoms with Gasteiger partial charge in [-0.25, -0.2) is 17.2 Å². The highest BCUT2D eigenvalue weighted by atomic mass is 32.2. The van der Waals surface area contributed by atoms with Crippen molar-refractivity contribution in [1.82, 2.24) is 5.32 Å². The molecule has 1 amide bonds. The SMILES string of the molecule is CC[C@H](C(=O)NCCCc1ccc(F)cc1)N(c1ccccc1F)S(C)(=O)=O. The molecule has 0 saturated carbocycles. The number of aryl methyl sites for hydroxylation is 1. The van der Waals surface area contributed by atoms with Gasteiger partial charge in [0.05, 0.1) is 11.9 Å². The highest BCUT2D eigenvalue weighted by Crippen LogP contribution is 2.25. The lowest BCUT2D eigenvalue weighted by Crippen LogP contribution is -2.49. The zero-order chi connectivity index (χ0) is 20.7. The smallest absolute Gasteiger partial charge is 0.243 e. The number of para-hydroxylation sites is 1. The van der Waals surface area contributed by atoms with Gasteiger partial charge in [0, 0.05) is 6.54 Å². The van der Waals surface area contributed by atoms with Gasteiger partial charge in [-0.2, -0.15) is 0 Å². The quantitative estimate of drug-likeness (QED) is 0.646. The Bertz CT molecular complexity index is 902. The fourth-order valence-corrected chi connectivity index (χ4v) is 4.15. The number of carbonyl (C=O) groups excluding carboxylic acids is 1. The predicted octanol–water partition coefficient (Wildman–Crippen LogP) is 3.26. The number of anilines is 1. The Balaban J connectivity index is 2.05. The Morgan fingerprint density at radius 1 is 1.11 bits per heavy atom. The number of benzene rings is 2. The average molecular weight is 410 g/mol. The first-order chi connectivity index (χ1) is 13.2. The number of nitrogens with one attached hydrogen (secondary N) is 1. The number of sulfonamides is 1. The molecule has 0 saturated heterocycles. The molecule has 2 rings (SSSR count). The second kappa shape index (κ2) is 9.64. The molecule has 0 fully saturated rings. The van der Waals surface area contributed by atoms with Crippen LogP contribution in [-0.4, -0.2) is 33.2 Å². The van der Waals surface area contributed by atoms with Crippen molar-refractivity contribution in [3.8, 4) is 0 Å². The summed E-state index contributed by atoms with van der Waals surface area (Å²) in [7, 11) is -3.88. The summed E-state index contributed by atoms with van der Waals surface area (Å²) in [5, 5.41) is 2.72. The first kappa shape index (κ1) is 21.8. The molecule has 2 aromatic carbocycles. The van der Waals surface area contributed by atoms with Crippen LogP contribution in [-0.2, 0) is 21.2 Å². The summed E-state index contributed by atoms with van der Waals surface area (Å²) in [6, 6.07) is 10.5. The zero-order valence-corrected chi connectivity index (χ0v) is 16.7. The molecule has 0 aliphatic carbocycles. The number of hydrogen-bond acceptors (Lipinski definition) is 3. The van der Waals surface area contributed by atoms with Crippen LogP contribution in [0.2, 0.25) is 0 Å². The molecule has 0 bridgehead atoms. The van der Waals surface area contributed by atoms with Gasteiger partial charge in [-0.3, -0.25) is 9.10 Å². The van der Waals surface area contributed by atoms with Crippen molar-refractivity contribution >= 4 is 21.6 Å². The highest BCUT2D eigenvalue weighted by Gasteiger charge is 2.32. The van der Waals surface area contributed by atoms with Crippen LogP contribution in [0, 0.1) is 11.6 Å². The molecule has 2 aromatic rings. The van der Waals surface area contributed by atoms with Crippen molar-refractivity contribution in [3.63, 3.8) is 0 Å². The van der Waals surface area contributed by atoms with E-state index in [1.807, 2.05) is 0 Å². The molecule has 0 aliphatic heterocycles. The summed E-state index contributed by atoms with van der Waals surface area (Å²) < 4.78 is 52.5. The van der Waals surface area contributed by atoms with Gasteiger partial charge in [0.25, 0.3) is 0 Å². The van der Waals surface area contributed by atoms with E-state index < -0.39 is 27.8 Å². The van der Waals surface area contributed by atoms with E-state index in [0.29, 0.717) is 19.4 Å². The van der Waals surface area contributed by atoms with Gasteiger partial charge >= 0.3 is 0 Å². The predicted molar refractivity (Wildman–Crippen MR) is 106 cm³/mol. The third-order valence-electron chi connectivity index (χ3n) is 4.27. The van der Waals surface area contributed by atoms with Crippen molar-refractivity contribution in [2.75, 3.05) is 17.1 Å². The minimum absolute atomic E-state index is 0.154. The van der Waals surface area contributed by atoms with E-state index in [4.69, 9.17) is 0 Å². The summed E-state index contributed by atoms with van der Waals surface area (Å²) in [5.74, 6) is -1.51. The molecule has 0 radical (unpaired) electrons. The van der Waals surface area contributed by atoms with Crippen molar-refractivity contribution in [2.45, 2.75) is 32.2 Å². The van der Waals surface area contributed by atoms with Crippen LogP contribution >= 0.6 is 0 Å². The van der Waals surface area contributed by atoms with Gasteiger partial charge in [-0.15, -0.1) is 0 Å². The third-order valence-corrected chi connectivity index (χ3v) is 5.44. The third kappa shape index (κ3) is 5.76. The van der Waals surface area contributed by atoms with Crippen LogP contribution in [0.3, 0.4) is 0 Å². The largest absolute Gasteiger partial charge is 0.354 e. The van der Waals surface area contributed by atoms with Crippen LogP contribution < -0.4 is 9.62 Å². The molecule has 28 heavy (non-hydrogen) atoms. The van der Waals surface area contributed by atoms with E-state index in [1.165, 1.54) is 30.3 Å². The van der Waals surface area contributed by atoms with Crippen LogP contribution in [0.5, 0.6) is 0 Å². The van der Waals surface area contributed by atoms with Crippen LogP contribution in [0.25, 0.3) is 0 Å². The lowest BCUT2D eigenvalue weighted by molar-refractivity contribution is -0.122. The fraction of sp³-hybridized carbons (Fsp3) is 0.350. The molecule has 8 heteroatoms. The van der Waals surface area contributed by atoms with Gasteiger partial charge < -0.3 is 5.32 Å². The number of carbonyl (C=O) groups is 1.